The second-order valence-electron chi connectivity index (χ2n) is 11.2. The number of pyridine rings is 1. The number of benzene rings is 6. The normalized spacial score (nSPS) is 11.5. The molecule has 2 heterocycles. The Morgan fingerprint density at radius 1 is 0.465 bits per heavy atom. The molecule has 2 aromatic heterocycles. The van der Waals surface area contributed by atoms with Crippen LogP contribution in [-0.2, 0) is 6.42 Å². The summed E-state index contributed by atoms with van der Waals surface area (Å²) < 4.78 is 1.28. The van der Waals surface area contributed by atoms with Crippen molar-refractivity contribution in [1.82, 2.24) is 4.98 Å². The maximum atomic E-state index is 4.55. The Kier molecular flexibility index (Phi) is 6.35. The first-order valence-corrected chi connectivity index (χ1v) is 15.7. The summed E-state index contributed by atoms with van der Waals surface area (Å²) in [6.07, 6.45) is 2.94. The largest absolute Gasteiger partial charge is 0.245 e. The number of nitrogens with zero attached hydrogens (tertiary/aromatic N) is 1. The van der Waals surface area contributed by atoms with Gasteiger partial charge in [0.1, 0.15) is 4.83 Å². The molecule has 0 saturated heterocycles. The third-order valence-electron chi connectivity index (χ3n) is 8.55. The number of fused-ring (bicyclic) bond motifs is 4. The van der Waals surface area contributed by atoms with Crippen LogP contribution in [0, 0.1) is 0 Å². The Bertz CT molecular complexity index is 2240. The minimum absolute atomic E-state index is 1.07. The molecule has 6 aromatic carbocycles. The van der Waals surface area contributed by atoms with Crippen LogP contribution >= 0.6 is 11.3 Å². The van der Waals surface area contributed by atoms with Gasteiger partial charge in [0.25, 0.3) is 0 Å². The van der Waals surface area contributed by atoms with E-state index < -0.39 is 0 Å². The first kappa shape index (κ1) is 25.6. The molecule has 0 atom stereocenters. The Morgan fingerprint density at radius 3 is 1.53 bits per heavy atom. The third kappa shape index (κ3) is 4.80. The highest BCUT2D eigenvalue weighted by Gasteiger charge is 2.09. The van der Waals surface area contributed by atoms with Crippen molar-refractivity contribution in [3.63, 3.8) is 0 Å². The predicted molar refractivity (Wildman–Crippen MR) is 186 cm³/mol. The van der Waals surface area contributed by atoms with Crippen molar-refractivity contribution in [3.05, 3.63) is 151 Å². The van der Waals surface area contributed by atoms with Crippen molar-refractivity contribution in [3.8, 4) is 44.5 Å². The fraction of sp³-hybridized carbons (Fsp3) is 0.0488. The Morgan fingerprint density at radius 2 is 0.953 bits per heavy atom. The predicted octanol–water partition coefficient (Wildman–Crippen LogP) is 11.8. The van der Waals surface area contributed by atoms with Gasteiger partial charge in [-0.15, -0.1) is 11.3 Å². The summed E-state index contributed by atoms with van der Waals surface area (Å²) >= 11 is 1.76. The highest BCUT2D eigenvalue weighted by Crippen LogP contribution is 2.36. The van der Waals surface area contributed by atoms with E-state index in [1.807, 2.05) is 12.3 Å². The molecule has 43 heavy (non-hydrogen) atoms. The van der Waals surface area contributed by atoms with Gasteiger partial charge in [-0.2, -0.15) is 0 Å². The van der Waals surface area contributed by atoms with Gasteiger partial charge in [-0.1, -0.05) is 110 Å². The number of hydrogen-bond acceptors (Lipinski definition) is 2. The molecule has 0 aliphatic heterocycles. The lowest BCUT2D eigenvalue weighted by Crippen LogP contribution is -1.84. The third-order valence-corrected chi connectivity index (χ3v) is 9.65. The van der Waals surface area contributed by atoms with Crippen LogP contribution in [0.1, 0.15) is 12.5 Å². The summed E-state index contributed by atoms with van der Waals surface area (Å²) in [4.78, 5) is 5.64. The van der Waals surface area contributed by atoms with Gasteiger partial charge in [-0.05, 0) is 104 Å². The highest BCUT2D eigenvalue weighted by atomic mass is 32.1. The van der Waals surface area contributed by atoms with Gasteiger partial charge >= 0.3 is 0 Å². The van der Waals surface area contributed by atoms with Crippen molar-refractivity contribution in [1.29, 1.82) is 0 Å². The van der Waals surface area contributed by atoms with Crippen LogP contribution < -0.4 is 0 Å². The Labute approximate surface area is 255 Å². The smallest absolute Gasteiger partial charge is 0.124 e. The fourth-order valence-corrected chi connectivity index (χ4v) is 7.06. The monoisotopic (exact) mass is 567 g/mol. The summed E-state index contributed by atoms with van der Waals surface area (Å²) in [7, 11) is 0. The first-order chi connectivity index (χ1) is 21.2. The van der Waals surface area contributed by atoms with E-state index in [1.165, 1.54) is 76.3 Å². The summed E-state index contributed by atoms with van der Waals surface area (Å²) in [5.74, 6) is 0. The number of aromatic nitrogens is 1. The molecule has 0 fully saturated rings. The van der Waals surface area contributed by atoms with E-state index in [2.05, 4.69) is 145 Å². The van der Waals surface area contributed by atoms with Gasteiger partial charge < -0.3 is 0 Å². The molecule has 0 amide bonds. The number of aryl methyl sites for hydroxylation is 1. The average Bonchev–Trinajstić information content (AvgIpc) is 3.46. The molecule has 204 valence electrons. The van der Waals surface area contributed by atoms with Crippen LogP contribution in [-0.4, -0.2) is 4.98 Å². The summed E-state index contributed by atoms with van der Waals surface area (Å²) in [6, 6.07) is 51.3. The van der Waals surface area contributed by atoms with Gasteiger partial charge in [-0.25, -0.2) is 4.98 Å². The zero-order valence-corrected chi connectivity index (χ0v) is 24.7. The van der Waals surface area contributed by atoms with Gasteiger partial charge in [0.05, 0.1) is 0 Å². The van der Waals surface area contributed by atoms with Crippen molar-refractivity contribution in [2.45, 2.75) is 13.3 Å². The van der Waals surface area contributed by atoms with Crippen LogP contribution in [0.15, 0.2) is 146 Å². The SMILES string of the molecule is CCc1ccc(-c2ccc(-c3ccc4ccc(-c5ccc(-c6ccc7sc8ncccc8c7c6)cc5)cc4c3)cc2)cc1. The molecular weight excluding hydrogens is 539 g/mol. The molecular formula is C41H29NS. The summed E-state index contributed by atoms with van der Waals surface area (Å²) in [6.45, 7) is 2.19. The molecule has 0 N–H and O–H groups in total. The summed E-state index contributed by atoms with van der Waals surface area (Å²) in [5, 5.41) is 5.01. The van der Waals surface area contributed by atoms with E-state index in [-0.39, 0.29) is 0 Å². The van der Waals surface area contributed by atoms with Gasteiger partial charge in [0.2, 0.25) is 0 Å². The topological polar surface area (TPSA) is 12.9 Å². The molecule has 0 aliphatic carbocycles. The molecule has 0 aliphatic rings. The Hall–Kier alpha value is -5.05. The van der Waals surface area contributed by atoms with Gasteiger partial charge in [0.15, 0.2) is 0 Å². The molecule has 0 saturated carbocycles. The second-order valence-corrected chi connectivity index (χ2v) is 12.2. The van der Waals surface area contributed by atoms with Crippen LogP contribution in [0.3, 0.4) is 0 Å². The van der Waals surface area contributed by atoms with E-state index in [0.29, 0.717) is 0 Å². The quantitative estimate of drug-likeness (QED) is 0.202. The standard InChI is InChI=1S/C41H29NS/c1-2-27-5-7-28(8-6-27)29-9-11-30(12-10-29)34-19-17-33-18-20-35(25-37(33)24-34)31-13-15-32(16-14-31)36-21-22-40-39(26-36)38-4-3-23-42-41(38)43-40/h3-26H,2H2,1H3. The molecule has 0 radical (unpaired) electrons. The Balaban J connectivity index is 1.07. The highest BCUT2D eigenvalue weighted by molar-refractivity contribution is 7.25. The molecule has 2 heteroatoms. The van der Waals surface area contributed by atoms with E-state index in [4.69, 9.17) is 0 Å². The van der Waals surface area contributed by atoms with E-state index in [1.54, 1.807) is 11.3 Å². The molecule has 8 aromatic rings. The maximum Gasteiger partial charge on any atom is 0.124 e. The van der Waals surface area contributed by atoms with Gasteiger partial charge in [-0.3, -0.25) is 0 Å². The maximum absolute atomic E-state index is 4.55. The van der Waals surface area contributed by atoms with Crippen LogP contribution in [0.25, 0.3) is 75.6 Å². The first-order valence-electron chi connectivity index (χ1n) is 14.8. The minimum atomic E-state index is 1.07. The summed E-state index contributed by atoms with van der Waals surface area (Å²) in [5.41, 5.74) is 11.3. The molecule has 0 unspecified atom stereocenters. The zero-order chi connectivity index (χ0) is 28.8. The van der Waals surface area contributed by atoms with Crippen LogP contribution in [0.4, 0.5) is 0 Å². The number of hydrogen-bond donors (Lipinski definition) is 0. The van der Waals surface area contributed by atoms with Crippen molar-refractivity contribution in [2.75, 3.05) is 0 Å². The molecule has 0 spiro atoms. The average molecular weight is 568 g/mol. The number of rotatable bonds is 5. The lowest BCUT2D eigenvalue weighted by atomic mass is 9.95. The molecule has 1 nitrogen and oxygen atoms in total. The van der Waals surface area contributed by atoms with E-state index in [0.717, 1.165) is 11.3 Å². The number of thiophene rings is 1. The van der Waals surface area contributed by atoms with Crippen molar-refractivity contribution >= 4 is 42.4 Å². The van der Waals surface area contributed by atoms with Crippen LogP contribution in [0.2, 0.25) is 0 Å². The second kappa shape index (κ2) is 10.7. The van der Waals surface area contributed by atoms with E-state index in [9.17, 15) is 0 Å². The van der Waals surface area contributed by atoms with Crippen molar-refractivity contribution in [2.24, 2.45) is 0 Å². The van der Waals surface area contributed by atoms with Crippen LogP contribution in [0.5, 0.6) is 0 Å². The van der Waals surface area contributed by atoms with Crippen molar-refractivity contribution < 1.29 is 0 Å². The lowest BCUT2D eigenvalue weighted by molar-refractivity contribution is 1.14. The lowest BCUT2D eigenvalue weighted by Gasteiger charge is -2.09. The van der Waals surface area contributed by atoms with Gasteiger partial charge in [0, 0.05) is 21.7 Å². The zero-order valence-electron chi connectivity index (χ0n) is 23.9. The molecule has 8 rings (SSSR count). The minimum Gasteiger partial charge on any atom is -0.245 e. The fourth-order valence-electron chi connectivity index (χ4n) is 6.04. The van der Waals surface area contributed by atoms with E-state index >= 15 is 0 Å². The molecule has 0 bridgehead atoms.